The van der Waals surface area contributed by atoms with Gasteiger partial charge in [0, 0.05) is 17.8 Å². The fourth-order valence-electron chi connectivity index (χ4n) is 3.30. The Balaban J connectivity index is 0. The average molecular weight is 569 g/mol. The van der Waals surface area contributed by atoms with Crippen molar-refractivity contribution in [3.63, 3.8) is 0 Å². The normalized spacial score (nSPS) is 11.1. The van der Waals surface area contributed by atoms with E-state index in [2.05, 4.69) is 5.32 Å². The van der Waals surface area contributed by atoms with Crippen LogP contribution in [-0.4, -0.2) is 42.9 Å². The van der Waals surface area contributed by atoms with E-state index >= 15 is 0 Å². The summed E-state index contributed by atoms with van der Waals surface area (Å²) in [6, 6.07) is 3.14. The molecule has 11 nitrogen and oxygen atoms in total. The molecule has 2 aromatic carbocycles. The van der Waals surface area contributed by atoms with Crippen LogP contribution < -0.4 is 99.1 Å². The van der Waals surface area contributed by atoms with Crippen LogP contribution in [0.15, 0.2) is 34.1 Å². The fraction of sp³-hybridized carbons (Fsp3) is 0.400. The van der Waals surface area contributed by atoms with Gasteiger partial charge in [0.1, 0.15) is 26.0 Å². The average Bonchev–Trinajstić information content (AvgIpc) is 2.67. The minimum Gasteiger partial charge on any atom is -0.744 e. The second kappa shape index (κ2) is 17.1. The van der Waals surface area contributed by atoms with Crippen molar-refractivity contribution >= 4 is 48.6 Å². The van der Waals surface area contributed by atoms with Gasteiger partial charge < -0.3 is 29.4 Å². The molecular weight excluding hydrogens is 547 g/mol. The van der Waals surface area contributed by atoms with Gasteiger partial charge in [-0.25, -0.2) is 16.8 Å². The maximum atomic E-state index is 12.3. The van der Waals surface area contributed by atoms with Crippen LogP contribution in [0.1, 0.15) is 51.4 Å². The number of aromatic hydroxyl groups is 1. The van der Waals surface area contributed by atoms with Crippen molar-refractivity contribution in [1.29, 1.82) is 0 Å². The van der Waals surface area contributed by atoms with Crippen LogP contribution in [0.2, 0.25) is 0 Å². The van der Waals surface area contributed by atoms with E-state index in [-0.39, 0.29) is 118 Å². The van der Waals surface area contributed by atoms with Gasteiger partial charge in [-0.05, 0) is 48.9 Å². The number of carboxylic acids is 1. The van der Waals surface area contributed by atoms with Crippen molar-refractivity contribution in [2.45, 2.75) is 61.2 Å². The van der Waals surface area contributed by atoms with Crippen LogP contribution in [-0.2, 0) is 29.8 Å². The Morgan fingerprint density at radius 3 is 1.67 bits per heavy atom. The smallest absolute Gasteiger partial charge is 0.744 e. The molecule has 16 heteroatoms. The number of carbonyl (C=O) groups excluding carboxylic acids is 2. The molecule has 1 amide bonds. The number of rotatable bonds is 12. The molecule has 2 aromatic rings. The molecule has 0 fully saturated rings. The van der Waals surface area contributed by atoms with E-state index in [1.807, 2.05) is 0 Å². The summed E-state index contributed by atoms with van der Waals surface area (Å²) in [5.41, 5.74) is -0.221. The third kappa shape index (κ3) is 12.4. The molecular formula is C20H22NNa3O10S2. The van der Waals surface area contributed by atoms with Crippen LogP contribution in [0.4, 0.5) is 5.69 Å². The molecule has 0 bridgehead atoms. The number of benzene rings is 2. The molecule has 0 saturated carbocycles. The van der Waals surface area contributed by atoms with Gasteiger partial charge >= 0.3 is 88.7 Å². The second-order valence-corrected chi connectivity index (χ2v) is 10.2. The van der Waals surface area contributed by atoms with Gasteiger partial charge in [-0.2, -0.15) is 0 Å². The molecule has 0 aliphatic rings. The Morgan fingerprint density at radius 2 is 1.19 bits per heavy atom. The van der Waals surface area contributed by atoms with E-state index in [1.54, 1.807) is 0 Å². The van der Waals surface area contributed by atoms with Gasteiger partial charge in [0.2, 0.25) is 5.91 Å². The number of anilines is 1. The van der Waals surface area contributed by atoms with Crippen molar-refractivity contribution in [3.05, 3.63) is 24.3 Å². The minimum absolute atomic E-state index is 0. The molecule has 0 heterocycles. The Labute approximate surface area is 276 Å². The molecule has 0 aromatic heterocycles. The summed E-state index contributed by atoms with van der Waals surface area (Å²) in [6.45, 7) is 0. The summed E-state index contributed by atoms with van der Waals surface area (Å²) in [6.07, 6.45) is 4.03. The minimum atomic E-state index is -5.00. The van der Waals surface area contributed by atoms with E-state index in [1.165, 1.54) is 0 Å². The van der Waals surface area contributed by atoms with Crippen LogP contribution in [0, 0.1) is 0 Å². The molecule has 0 radical (unpaired) electrons. The number of hydrogen-bond acceptors (Lipinski definition) is 10. The number of carboxylic acid groups (broad SMARTS) is 1. The number of aliphatic carboxylic acids is 1. The van der Waals surface area contributed by atoms with Gasteiger partial charge in [-0.15, -0.1) is 0 Å². The Bertz CT molecular complexity index is 1260. The fourth-order valence-corrected chi connectivity index (χ4v) is 4.36. The number of carbonyl (C=O) groups is 2. The standard InChI is InChI=1S/C20H25NO10S2.3Na/c22-17-12-15(33(29,30)31)10-13-9-14(32(26,27)28)11-16(20(13)17)21-18(23)7-5-3-1-2-4-6-8-19(24)25;;;/h9-12,22H,1-8H2,(H,21,23)(H,24,25)(H,26,27,28)(H,29,30,31);;;/q;3*+1/p-3. The SMILES string of the molecule is O=C([O-])CCCCCCCCC(=O)Nc1cc(S(=O)(=O)[O-])cc2cc(S(=O)(=O)[O-])cc(O)c12.[Na+].[Na+].[Na+]. The summed E-state index contributed by atoms with van der Waals surface area (Å²) < 4.78 is 68.3. The van der Waals surface area contributed by atoms with E-state index < -0.39 is 47.7 Å². The van der Waals surface area contributed by atoms with Gasteiger partial charge in [0.15, 0.2) is 0 Å². The first-order valence-electron chi connectivity index (χ1n) is 10.0. The Morgan fingerprint density at radius 1 is 0.750 bits per heavy atom. The predicted molar refractivity (Wildman–Crippen MR) is 112 cm³/mol. The van der Waals surface area contributed by atoms with Crippen LogP contribution in [0.3, 0.4) is 0 Å². The van der Waals surface area contributed by atoms with Crippen molar-refractivity contribution in [3.8, 4) is 5.75 Å². The number of phenolic OH excluding ortho intramolecular Hbond substituents is 1. The number of hydrogen-bond donors (Lipinski definition) is 2. The van der Waals surface area contributed by atoms with Crippen molar-refractivity contribution in [2.24, 2.45) is 0 Å². The summed E-state index contributed by atoms with van der Waals surface area (Å²) in [4.78, 5) is 21.1. The molecule has 0 spiro atoms. The molecule has 36 heavy (non-hydrogen) atoms. The quantitative estimate of drug-likeness (QED) is 0.140. The van der Waals surface area contributed by atoms with E-state index in [0.29, 0.717) is 25.3 Å². The molecule has 182 valence electrons. The molecule has 0 atom stereocenters. The number of phenols is 1. The van der Waals surface area contributed by atoms with Crippen LogP contribution in [0.5, 0.6) is 5.75 Å². The third-order valence-corrected chi connectivity index (χ3v) is 6.49. The summed E-state index contributed by atoms with van der Waals surface area (Å²) >= 11 is 0. The molecule has 2 rings (SSSR count). The monoisotopic (exact) mass is 569 g/mol. The first-order valence-corrected chi connectivity index (χ1v) is 12.8. The first-order chi connectivity index (χ1) is 15.3. The van der Waals surface area contributed by atoms with E-state index in [9.17, 15) is 45.7 Å². The van der Waals surface area contributed by atoms with Gasteiger partial charge in [-0.3, -0.25) is 4.79 Å². The summed E-state index contributed by atoms with van der Waals surface area (Å²) in [5.74, 6) is -2.32. The van der Waals surface area contributed by atoms with Crippen LogP contribution >= 0.6 is 0 Å². The zero-order valence-corrected chi connectivity index (χ0v) is 28.0. The Kier molecular flexibility index (Phi) is 18.2. The molecule has 0 unspecified atom stereocenters. The van der Waals surface area contributed by atoms with Gasteiger partial charge in [-0.1, -0.05) is 25.7 Å². The van der Waals surface area contributed by atoms with Crippen molar-refractivity contribution in [1.82, 2.24) is 0 Å². The number of amides is 1. The topological polar surface area (TPSA) is 204 Å². The molecule has 0 aliphatic heterocycles. The molecule has 0 saturated heterocycles. The second-order valence-electron chi connectivity index (χ2n) is 7.46. The number of unbranched alkanes of at least 4 members (excludes halogenated alkanes) is 5. The van der Waals surface area contributed by atoms with Gasteiger partial charge in [0.05, 0.1) is 15.5 Å². The maximum Gasteiger partial charge on any atom is 1.00 e. The van der Waals surface area contributed by atoms with Crippen LogP contribution in [0.25, 0.3) is 10.8 Å². The molecule has 0 aliphatic carbocycles. The zero-order valence-electron chi connectivity index (χ0n) is 20.4. The summed E-state index contributed by atoms with van der Waals surface area (Å²) in [5, 5.41) is 22.6. The van der Waals surface area contributed by atoms with E-state index in [0.717, 1.165) is 37.5 Å². The summed E-state index contributed by atoms with van der Waals surface area (Å²) in [7, 11) is -9.99. The predicted octanol–water partition coefficient (Wildman–Crippen LogP) is -7.83. The van der Waals surface area contributed by atoms with Crippen molar-refractivity contribution < 1.29 is 134 Å². The molecule has 2 N–H and O–H groups in total. The number of fused-ring (bicyclic) bond motifs is 1. The van der Waals surface area contributed by atoms with E-state index in [4.69, 9.17) is 0 Å². The number of nitrogens with one attached hydrogen (secondary N) is 1. The Hall–Kier alpha value is 0.260. The van der Waals surface area contributed by atoms with Crippen molar-refractivity contribution in [2.75, 3.05) is 5.32 Å². The first kappa shape index (κ1) is 38.4. The zero-order chi connectivity index (χ0) is 24.8. The maximum absolute atomic E-state index is 12.3. The van der Waals surface area contributed by atoms with Gasteiger partial charge in [0.25, 0.3) is 0 Å². The largest absolute Gasteiger partial charge is 1.00 e. The third-order valence-electron chi connectivity index (χ3n) is 4.86.